The molecule has 1 rings (SSSR count). The Morgan fingerprint density at radius 2 is 2.30 bits per heavy atom. The summed E-state index contributed by atoms with van der Waals surface area (Å²) < 4.78 is 0. The number of aromatic nitrogens is 2. The SMILES string of the molecule is Cc1[nH]c(N)nc1CCN. The van der Waals surface area contributed by atoms with Gasteiger partial charge in [0.25, 0.3) is 0 Å². The van der Waals surface area contributed by atoms with Gasteiger partial charge in [0.2, 0.25) is 0 Å². The molecule has 0 aliphatic carbocycles. The third-order valence-electron chi connectivity index (χ3n) is 1.38. The molecule has 0 atom stereocenters. The molecule has 56 valence electrons. The normalized spacial score (nSPS) is 10.2. The van der Waals surface area contributed by atoms with Crippen LogP contribution in [0.5, 0.6) is 0 Å². The van der Waals surface area contributed by atoms with E-state index in [4.69, 9.17) is 11.5 Å². The van der Waals surface area contributed by atoms with Crippen molar-refractivity contribution in [1.82, 2.24) is 9.97 Å². The van der Waals surface area contributed by atoms with Gasteiger partial charge >= 0.3 is 0 Å². The average molecular weight is 140 g/mol. The van der Waals surface area contributed by atoms with E-state index in [1.54, 1.807) is 0 Å². The Morgan fingerprint density at radius 3 is 2.70 bits per heavy atom. The number of aromatic amines is 1. The third kappa shape index (κ3) is 1.27. The minimum atomic E-state index is 0.473. The molecule has 0 aliphatic rings. The van der Waals surface area contributed by atoms with Crippen molar-refractivity contribution in [3.63, 3.8) is 0 Å². The monoisotopic (exact) mass is 140 g/mol. The van der Waals surface area contributed by atoms with Crippen molar-refractivity contribution in [3.8, 4) is 0 Å². The summed E-state index contributed by atoms with van der Waals surface area (Å²) in [5.74, 6) is 0.473. The maximum Gasteiger partial charge on any atom is 0.197 e. The van der Waals surface area contributed by atoms with E-state index in [0.29, 0.717) is 12.5 Å². The van der Waals surface area contributed by atoms with E-state index in [2.05, 4.69) is 9.97 Å². The minimum Gasteiger partial charge on any atom is -0.369 e. The number of aryl methyl sites for hydroxylation is 1. The molecule has 0 spiro atoms. The fraction of sp³-hybridized carbons (Fsp3) is 0.500. The minimum absolute atomic E-state index is 0.473. The quantitative estimate of drug-likeness (QED) is 0.532. The fourth-order valence-corrected chi connectivity index (χ4v) is 0.902. The van der Waals surface area contributed by atoms with Crippen LogP contribution in [0, 0.1) is 6.92 Å². The third-order valence-corrected chi connectivity index (χ3v) is 1.38. The number of nitrogens with two attached hydrogens (primary N) is 2. The van der Waals surface area contributed by atoms with Crippen molar-refractivity contribution in [2.24, 2.45) is 5.73 Å². The molecule has 10 heavy (non-hydrogen) atoms. The van der Waals surface area contributed by atoms with Gasteiger partial charge in [0.05, 0.1) is 5.69 Å². The van der Waals surface area contributed by atoms with Crippen molar-refractivity contribution in [2.45, 2.75) is 13.3 Å². The van der Waals surface area contributed by atoms with Gasteiger partial charge in [0, 0.05) is 12.1 Å². The van der Waals surface area contributed by atoms with Crippen LogP contribution in [0.2, 0.25) is 0 Å². The number of H-pyrrole nitrogens is 1. The first-order chi connectivity index (χ1) is 4.74. The van der Waals surface area contributed by atoms with Gasteiger partial charge in [-0.2, -0.15) is 0 Å². The first-order valence-corrected chi connectivity index (χ1v) is 3.25. The van der Waals surface area contributed by atoms with Gasteiger partial charge in [-0.25, -0.2) is 4.98 Å². The molecular weight excluding hydrogens is 128 g/mol. The molecule has 0 saturated heterocycles. The lowest BCUT2D eigenvalue weighted by Gasteiger charge is -1.90. The van der Waals surface area contributed by atoms with Gasteiger partial charge in [0.15, 0.2) is 5.95 Å². The second kappa shape index (κ2) is 2.70. The van der Waals surface area contributed by atoms with E-state index in [1.165, 1.54) is 0 Å². The van der Waals surface area contributed by atoms with Gasteiger partial charge in [-0.05, 0) is 13.5 Å². The zero-order chi connectivity index (χ0) is 7.56. The molecule has 0 saturated carbocycles. The van der Waals surface area contributed by atoms with E-state index in [9.17, 15) is 0 Å². The molecule has 0 radical (unpaired) electrons. The largest absolute Gasteiger partial charge is 0.369 e. The highest BCUT2D eigenvalue weighted by Gasteiger charge is 2.01. The zero-order valence-corrected chi connectivity index (χ0v) is 6.02. The zero-order valence-electron chi connectivity index (χ0n) is 6.02. The lowest BCUT2D eigenvalue weighted by Crippen LogP contribution is -2.04. The predicted molar refractivity (Wildman–Crippen MR) is 40.5 cm³/mol. The van der Waals surface area contributed by atoms with Crippen molar-refractivity contribution >= 4 is 5.95 Å². The smallest absolute Gasteiger partial charge is 0.197 e. The van der Waals surface area contributed by atoms with Gasteiger partial charge in [-0.1, -0.05) is 0 Å². The van der Waals surface area contributed by atoms with Crippen LogP contribution >= 0.6 is 0 Å². The summed E-state index contributed by atoms with van der Waals surface area (Å²) in [5, 5.41) is 0. The number of hydrogen-bond acceptors (Lipinski definition) is 3. The Morgan fingerprint density at radius 1 is 1.60 bits per heavy atom. The van der Waals surface area contributed by atoms with Crippen molar-refractivity contribution in [1.29, 1.82) is 0 Å². The predicted octanol–water partition coefficient (Wildman–Crippen LogP) is -0.198. The van der Waals surface area contributed by atoms with E-state index in [0.717, 1.165) is 17.8 Å². The van der Waals surface area contributed by atoms with Crippen LogP contribution in [0.15, 0.2) is 0 Å². The lowest BCUT2D eigenvalue weighted by molar-refractivity contribution is 0.924. The summed E-state index contributed by atoms with van der Waals surface area (Å²) in [4.78, 5) is 6.95. The molecule has 0 aromatic carbocycles. The molecule has 1 heterocycles. The molecule has 0 fully saturated rings. The van der Waals surface area contributed by atoms with E-state index in [1.807, 2.05) is 6.92 Å². The number of imidazole rings is 1. The second-order valence-electron chi connectivity index (χ2n) is 2.23. The molecule has 0 aliphatic heterocycles. The van der Waals surface area contributed by atoms with Gasteiger partial charge in [0.1, 0.15) is 0 Å². The average Bonchev–Trinajstić information content (AvgIpc) is 2.13. The topological polar surface area (TPSA) is 80.7 Å². The van der Waals surface area contributed by atoms with Crippen LogP contribution in [0.25, 0.3) is 0 Å². The van der Waals surface area contributed by atoms with Crippen molar-refractivity contribution < 1.29 is 0 Å². The van der Waals surface area contributed by atoms with Crippen LogP contribution in [0.1, 0.15) is 11.4 Å². The van der Waals surface area contributed by atoms with Gasteiger partial charge in [-0.15, -0.1) is 0 Å². The highest BCUT2D eigenvalue weighted by Crippen LogP contribution is 2.05. The van der Waals surface area contributed by atoms with Gasteiger partial charge in [-0.3, -0.25) is 0 Å². The Bertz CT molecular complexity index is 216. The van der Waals surface area contributed by atoms with Crippen LogP contribution < -0.4 is 11.5 Å². The molecule has 4 heteroatoms. The first-order valence-electron chi connectivity index (χ1n) is 3.25. The lowest BCUT2D eigenvalue weighted by atomic mass is 10.3. The molecule has 1 aromatic heterocycles. The summed E-state index contributed by atoms with van der Waals surface area (Å²) in [6.45, 7) is 2.56. The maximum atomic E-state index is 5.40. The number of rotatable bonds is 2. The molecule has 5 N–H and O–H groups in total. The molecule has 4 nitrogen and oxygen atoms in total. The molecular formula is C6H12N4. The summed E-state index contributed by atoms with van der Waals surface area (Å²) >= 11 is 0. The van der Waals surface area contributed by atoms with E-state index in [-0.39, 0.29) is 0 Å². The highest BCUT2D eigenvalue weighted by atomic mass is 15.0. The van der Waals surface area contributed by atoms with Crippen LogP contribution in [-0.2, 0) is 6.42 Å². The number of nitrogens with one attached hydrogen (secondary N) is 1. The molecule has 0 unspecified atom stereocenters. The fourth-order valence-electron chi connectivity index (χ4n) is 0.902. The van der Waals surface area contributed by atoms with Crippen molar-refractivity contribution in [3.05, 3.63) is 11.4 Å². The maximum absolute atomic E-state index is 5.40. The number of nitrogen functional groups attached to an aromatic ring is 1. The summed E-state index contributed by atoms with van der Waals surface area (Å²) in [6.07, 6.45) is 0.791. The van der Waals surface area contributed by atoms with Crippen molar-refractivity contribution in [2.75, 3.05) is 12.3 Å². The van der Waals surface area contributed by atoms with Gasteiger partial charge < -0.3 is 16.5 Å². The number of nitrogens with zero attached hydrogens (tertiary/aromatic N) is 1. The molecule has 0 amide bonds. The number of hydrogen-bond donors (Lipinski definition) is 3. The summed E-state index contributed by atoms with van der Waals surface area (Å²) in [5.41, 5.74) is 12.7. The number of anilines is 1. The standard InChI is InChI=1S/C6H12N4/c1-4-5(2-3-7)10-6(8)9-4/h2-3,7H2,1H3,(H3,8,9,10). The van der Waals surface area contributed by atoms with E-state index >= 15 is 0 Å². The van der Waals surface area contributed by atoms with Crippen LogP contribution in [0.4, 0.5) is 5.95 Å². The Labute approximate surface area is 59.6 Å². The summed E-state index contributed by atoms with van der Waals surface area (Å²) in [7, 11) is 0. The Balaban J connectivity index is 2.81. The highest BCUT2D eigenvalue weighted by molar-refractivity contribution is 5.25. The Hall–Kier alpha value is -1.03. The van der Waals surface area contributed by atoms with E-state index < -0.39 is 0 Å². The first kappa shape index (κ1) is 7.08. The Kier molecular flexibility index (Phi) is 1.91. The second-order valence-corrected chi connectivity index (χ2v) is 2.23. The van der Waals surface area contributed by atoms with Crippen LogP contribution in [0.3, 0.4) is 0 Å². The molecule has 0 bridgehead atoms. The molecule has 1 aromatic rings. The van der Waals surface area contributed by atoms with Crippen LogP contribution in [-0.4, -0.2) is 16.5 Å². The summed E-state index contributed by atoms with van der Waals surface area (Å²) in [6, 6.07) is 0.